The van der Waals surface area contributed by atoms with Crippen LogP contribution in [0.1, 0.15) is 18.9 Å². The zero-order valence-corrected chi connectivity index (χ0v) is 12.7. The second-order valence-corrected chi connectivity index (χ2v) is 5.95. The molecular weight excluding hydrogens is 288 g/mol. The summed E-state index contributed by atoms with van der Waals surface area (Å²) in [5.41, 5.74) is 2.84. The van der Waals surface area contributed by atoms with Gasteiger partial charge in [-0.05, 0) is 47.8 Å². The molecule has 5 heteroatoms. The molecule has 0 radical (unpaired) electrons. The van der Waals surface area contributed by atoms with Crippen LogP contribution in [0.3, 0.4) is 0 Å². The minimum Gasteiger partial charge on any atom is -0.331 e. The number of aromatic amines is 1. The average Bonchev–Trinajstić information content (AvgIpc) is 2.89. The van der Waals surface area contributed by atoms with E-state index in [0.29, 0.717) is 9.47 Å². The van der Waals surface area contributed by atoms with E-state index in [1.165, 1.54) is 16.9 Å². The van der Waals surface area contributed by atoms with E-state index >= 15 is 0 Å². The Balaban J connectivity index is 2.18. The van der Waals surface area contributed by atoms with Crippen molar-refractivity contribution >= 4 is 33.8 Å². The van der Waals surface area contributed by atoms with Gasteiger partial charge in [0.2, 0.25) is 0 Å². The van der Waals surface area contributed by atoms with Gasteiger partial charge in [0, 0.05) is 0 Å². The lowest BCUT2D eigenvalue weighted by Gasteiger charge is -2.07. The lowest BCUT2D eigenvalue weighted by Crippen LogP contribution is -2.19. The molecule has 20 heavy (non-hydrogen) atoms. The molecule has 0 fully saturated rings. The average molecular weight is 302 g/mol. The summed E-state index contributed by atoms with van der Waals surface area (Å²) in [5, 5.41) is 1.89. The van der Waals surface area contributed by atoms with Crippen LogP contribution in [-0.4, -0.2) is 9.55 Å². The molecule has 0 spiro atoms. The molecule has 0 aliphatic rings. The molecule has 0 atom stereocenters. The van der Waals surface area contributed by atoms with Crippen molar-refractivity contribution in [3.63, 3.8) is 0 Å². The second-order valence-electron chi connectivity index (χ2n) is 4.65. The maximum Gasteiger partial charge on any atom is 0.276 e. The van der Waals surface area contributed by atoms with Crippen molar-refractivity contribution < 1.29 is 0 Å². The Labute approximate surface area is 125 Å². The topological polar surface area (TPSA) is 37.8 Å². The van der Waals surface area contributed by atoms with Crippen LogP contribution in [0.25, 0.3) is 15.9 Å². The molecular formula is C15H14N2OS2. The van der Waals surface area contributed by atoms with Crippen LogP contribution >= 0.6 is 23.6 Å². The van der Waals surface area contributed by atoms with Crippen LogP contribution < -0.4 is 5.56 Å². The maximum atomic E-state index is 12.5. The third kappa shape index (κ3) is 2.23. The number of thiophene rings is 1. The summed E-state index contributed by atoms with van der Waals surface area (Å²) in [6.07, 6.45) is 2.16. The van der Waals surface area contributed by atoms with E-state index in [0.717, 1.165) is 24.0 Å². The van der Waals surface area contributed by atoms with Crippen molar-refractivity contribution in [3.05, 3.63) is 56.4 Å². The van der Waals surface area contributed by atoms with Gasteiger partial charge in [-0.1, -0.05) is 25.5 Å². The first kappa shape index (κ1) is 13.3. The summed E-state index contributed by atoms with van der Waals surface area (Å²) in [6.45, 7) is 2.15. The Morgan fingerprint density at radius 3 is 2.70 bits per heavy atom. The van der Waals surface area contributed by atoms with Gasteiger partial charge < -0.3 is 4.98 Å². The highest BCUT2D eigenvalue weighted by Crippen LogP contribution is 2.16. The minimum absolute atomic E-state index is 0.0537. The van der Waals surface area contributed by atoms with Crippen molar-refractivity contribution in [2.75, 3.05) is 0 Å². The third-order valence-electron chi connectivity index (χ3n) is 3.24. The van der Waals surface area contributed by atoms with Crippen LogP contribution in [0.4, 0.5) is 0 Å². The third-order valence-corrected chi connectivity index (χ3v) is 4.43. The highest BCUT2D eigenvalue weighted by atomic mass is 32.1. The molecule has 0 aliphatic heterocycles. The summed E-state index contributed by atoms with van der Waals surface area (Å²) in [7, 11) is 0. The number of rotatable bonds is 3. The van der Waals surface area contributed by atoms with E-state index < -0.39 is 0 Å². The molecule has 2 heterocycles. The molecule has 0 unspecified atom stereocenters. The molecule has 2 aromatic heterocycles. The largest absolute Gasteiger partial charge is 0.331 e. The number of nitrogens with one attached hydrogen (secondary N) is 1. The number of aromatic nitrogens is 2. The standard InChI is InChI=1S/C15H14N2OS2/c1-2-3-10-4-6-11(7-5-10)17-14(18)13-12(8-9-20-13)16-15(17)19/h4-9H,2-3H2,1H3,(H,16,19). The summed E-state index contributed by atoms with van der Waals surface area (Å²) in [5.74, 6) is 0. The predicted octanol–water partition coefficient (Wildman–Crippen LogP) is 4.06. The molecule has 0 saturated heterocycles. The van der Waals surface area contributed by atoms with Crippen molar-refractivity contribution in [1.82, 2.24) is 9.55 Å². The van der Waals surface area contributed by atoms with Gasteiger partial charge in [0.05, 0.1) is 11.2 Å². The monoisotopic (exact) mass is 302 g/mol. The van der Waals surface area contributed by atoms with Crippen molar-refractivity contribution in [2.24, 2.45) is 0 Å². The maximum absolute atomic E-state index is 12.5. The SMILES string of the molecule is CCCc1ccc(-n2c(=S)[nH]c3ccsc3c2=O)cc1. The predicted molar refractivity (Wildman–Crippen MR) is 86.6 cm³/mol. The van der Waals surface area contributed by atoms with E-state index in [9.17, 15) is 4.79 Å². The van der Waals surface area contributed by atoms with E-state index in [2.05, 4.69) is 24.0 Å². The van der Waals surface area contributed by atoms with Crippen molar-refractivity contribution in [2.45, 2.75) is 19.8 Å². The molecule has 3 rings (SSSR count). The molecule has 3 nitrogen and oxygen atoms in total. The van der Waals surface area contributed by atoms with Crippen molar-refractivity contribution in [1.29, 1.82) is 0 Å². The number of H-pyrrole nitrogens is 1. The van der Waals surface area contributed by atoms with Crippen LogP contribution in [0.5, 0.6) is 0 Å². The number of hydrogen-bond acceptors (Lipinski definition) is 3. The van der Waals surface area contributed by atoms with Gasteiger partial charge in [0.25, 0.3) is 5.56 Å². The quantitative estimate of drug-likeness (QED) is 0.741. The van der Waals surface area contributed by atoms with Crippen LogP contribution in [0.2, 0.25) is 0 Å². The molecule has 1 aromatic carbocycles. The molecule has 3 aromatic rings. The van der Waals surface area contributed by atoms with E-state index in [4.69, 9.17) is 12.2 Å². The van der Waals surface area contributed by atoms with Crippen LogP contribution in [0, 0.1) is 4.77 Å². The van der Waals surface area contributed by atoms with E-state index in [1.807, 2.05) is 23.6 Å². The summed E-state index contributed by atoms with van der Waals surface area (Å²) >= 11 is 6.74. The molecule has 1 N–H and O–H groups in total. The van der Waals surface area contributed by atoms with Gasteiger partial charge in [0.15, 0.2) is 4.77 Å². The Hall–Kier alpha value is -1.72. The second kappa shape index (κ2) is 5.34. The molecule has 102 valence electrons. The first-order chi connectivity index (χ1) is 9.70. The molecule has 0 aliphatic carbocycles. The number of fused-ring (bicyclic) bond motifs is 1. The molecule has 0 amide bonds. The lowest BCUT2D eigenvalue weighted by molar-refractivity contribution is 0.912. The van der Waals surface area contributed by atoms with Gasteiger partial charge in [-0.3, -0.25) is 9.36 Å². The highest BCUT2D eigenvalue weighted by molar-refractivity contribution is 7.71. The first-order valence-electron chi connectivity index (χ1n) is 6.52. The normalized spacial score (nSPS) is 11.1. The molecule has 0 saturated carbocycles. The summed E-state index contributed by atoms with van der Waals surface area (Å²) < 4.78 is 2.70. The van der Waals surface area contributed by atoms with E-state index in [1.54, 1.807) is 4.57 Å². The molecule has 0 bridgehead atoms. The highest BCUT2D eigenvalue weighted by Gasteiger charge is 2.08. The summed E-state index contributed by atoms with van der Waals surface area (Å²) in [4.78, 5) is 15.6. The van der Waals surface area contributed by atoms with Crippen LogP contribution in [0.15, 0.2) is 40.5 Å². The summed E-state index contributed by atoms with van der Waals surface area (Å²) in [6, 6.07) is 9.90. The number of nitrogens with zero attached hydrogens (tertiary/aromatic N) is 1. The zero-order valence-electron chi connectivity index (χ0n) is 11.1. The lowest BCUT2D eigenvalue weighted by atomic mass is 10.1. The van der Waals surface area contributed by atoms with Gasteiger partial charge >= 0.3 is 0 Å². The van der Waals surface area contributed by atoms with Crippen LogP contribution in [-0.2, 0) is 6.42 Å². The zero-order chi connectivity index (χ0) is 14.1. The minimum atomic E-state index is -0.0537. The van der Waals surface area contributed by atoms with E-state index in [-0.39, 0.29) is 5.56 Å². The number of hydrogen-bond donors (Lipinski definition) is 1. The van der Waals surface area contributed by atoms with Gasteiger partial charge in [-0.15, -0.1) is 11.3 Å². The Morgan fingerprint density at radius 1 is 1.25 bits per heavy atom. The Kier molecular flexibility index (Phi) is 3.54. The van der Waals surface area contributed by atoms with Gasteiger partial charge in [-0.2, -0.15) is 0 Å². The fourth-order valence-corrected chi connectivity index (χ4v) is 3.35. The fraction of sp³-hybridized carbons (Fsp3) is 0.200. The van der Waals surface area contributed by atoms with Gasteiger partial charge in [0.1, 0.15) is 4.70 Å². The first-order valence-corrected chi connectivity index (χ1v) is 7.81. The van der Waals surface area contributed by atoms with Crippen molar-refractivity contribution in [3.8, 4) is 5.69 Å². The Bertz CT molecular complexity index is 856. The van der Waals surface area contributed by atoms with Gasteiger partial charge in [-0.25, -0.2) is 0 Å². The number of aryl methyl sites for hydroxylation is 1. The fourth-order valence-electron chi connectivity index (χ4n) is 2.27. The number of benzene rings is 1. The Morgan fingerprint density at radius 2 is 2.00 bits per heavy atom. The smallest absolute Gasteiger partial charge is 0.276 e.